The highest BCUT2D eigenvalue weighted by molar-refractivity contribution is 6.30. The first-order valence-corrected chi connectivity index (χ1v) is 5.65. The summed E-state index contributed by atoms with van der Waals surface area (Å²) in [6, 6.07) is 4.75. The molecule has 1 heterocycles. The van der Waals surface area contributed by atoms with Gasteiger partial charge in [-0.15, -0.1) is 0 Å². The van der Waals surface area contributed by atoms with Crippen LogP contribution in [-0.2, 0) is 13.1 Å². The first-order valence-electron chi connectivity index (χ1n) is 5.27. The molecule has 17 heavy (non-hydrogen) atoms. The largest absolute Gasteiger partial charge is 0.326 e. The number of halogens is 2. The minimum absolute atomic E-state index is 0.132. The van der Waals surface area contributed by atoms with E-state index in [4.69, 9.17) is 17.3 Å². The average molecular weight is 254 g/mol. The van der Waals surface area contributed by atoms with Gasteiger partial charge in [0.1, 0.15) is 5.82 Å². The van der Waals surface area contributed by atoms with Crippen LogP contribution in [0.3, 0.4) is 0 Å². The molecule has 0 aliphatic heterocycles. The van der Waals surface area contributed by atoms with Gasteiger partial charge in [-0.25, -0.2) is 4.39 Å². The van der Waals surface area contributed by atoms with E-state index in [0.29, 0.717) is 13.1 Å². The third-order valence-electron chi connectivity index (χ3n) is 2.60. The predicted molar refractivity (Wildman–Crippen MR) is 65.4 cm³/mol. The lowest BCUT2D eigenvalue weighted by molar-refractivity contribution is 0.619. The van der Waals surface area contributed by atoms with E-state index in [1.807, 2.05) is 13.1 Å². The van der Waals surface area contributed by atoms with Gasteiger partial charge in [-0.1, -0.05) is 17.7 Å². The summed E-state index contributed by atoms with van der Waals surface area (Å²) >= 11 is 5.62. The molecule has 2 rings (SSSR count). The summed E-state index contributed by atoms with van der Waals surface area (Å²) in [5, 5.41) is 4.44. The number of hydrogen-bond donors (Lipinski definition) is 1. The van der Waals surface area contributed by atoms with Crippen molar-refractivity contribution in [2.45, 2.75) is 20.0 Å². The molecule has 0 aliphatic rings. The second kappa shape index (κ2) is 4.85. The molecule has 0 saturated carbocycles. The van der Waals surface area contributed by atoms with E-state index in [2.05, 4.69) is 5.10 Å². The first kappa shape index (κ1) is 12.1. The number of aryl methyl sites for hydroxylation is 1. The Bertz CT molecular complexity index is 537. The molecular formula is C12H13ClFN3. The van der Waals surface area contributed by atoms with E-state index >= 15 is 0 Å². The molecular weight excluding hydrogens is 241 g/mol. The quantitative estimate of drug-likeness (QED) is 0.913. The van der Waals surface area contributed by atoms with E-state index in [1.54, 1.807) is 16.8 Å². The normalized spacial score (nSPS) is 10.8. The Kier molecular flexibility index (Phi) is 3.45. The van der Waals surface area contributed by atoms with Crippen LogP contribution in [0.15, 0.2) is 24.4 Å². The molecule has 2 aromatic rings. The zero-order valence-electron chi connectivity index (χ0n) is 9.45. The Labute approximate surface area is 104 Å². The summed E-state index contributed by atoms with van der Waals surface area (Å²) in [6.45, 7) is 2.87. The zero-order valence-corrected chi connectivity index (χ0v) is 10.2. The van der Waals surface area contributed by atoms with E-state index in [1.165, 1.54) is 6.07 Å². The number of hydrogen-bond acceptors (Lipinski definition) is 2. The molecule has 0 atom stereocenters. The lowest BCUT2D eigenvalue weighted by atomic mass is 10.2. The van der Waals surface area contributed by atoms with Crippen LogP contribution in [0.1, 0.15) is 16.8 Å². The van der Waals surface area contributed by atoms with Gasteiger partial charge in [0, 0.05) is 18.3 Å². The van der Waals surface area contributed by atoms with E-state index in [0.717, 1.165) is 16.8 Å². The van der Waals surface area contributed by atoms with Crippen LogP contribution in [0, 0.1) is 12.7 Å². The zero-order chi connectivity index (χ0) is 12.4. The maximum absolute atomic E-state index is 13.3. The molecule has 2 N–H and O–H groups in total. The van der Waals surface area contributed by atoms with Crippen molar-refractivity contribution in [3.05, 3.63) is 52.1 Å². The molecule has 0 bridgehead atoms. The Hall–Kier alpha value is -1.39. The third kappa shape index (κ3) is 2.65. The van der Waals surface area contributed by atoms with Crippen molar-refractivity contribution in [3.63, 3.8) is 0 Å². The number of benzene rings is 1. The number of rotatable bonds is 3. The molecule has 0 aliphatic carbocycles. The summed E-state index contributed by atoms with van der Waals surface area (Å²) in [5.74, 6) is -0.410. The van der Waals surface area contributed by atoms with Crippen molar-refractivity contribution in [2.75, 3.05) is 0 Å². The summed E-state index contributed by atoms with van der Waals surface area (Å²) in [6.07, 6.45) is 1.88. The number of nitrogens with zero attached hydrogens (tertiary/aromatic N) is 2. The van der Waals surface area contributed by atoms with Gasteiger partial charge in [0.05, 0.1) is 17.3 Å². The fourth-order valence-electron chi connectivity index (χ4n) is 1.67. The lowest BCUT2D eigenvalue weighted by Gasteiger charge is -2.02. The Morgan fingerprint density at radius 3 is 2.82 bits per heavy atom. The van der Waals surface area contributed by atoms with Gasteiger partial charge in [0.25, 0.3) is 0 Å². The molecule has 1 aromatic heterocycles. The van der Waals surface area contributed by atoms with Crippen LogP contribution >= 0.6 is 11.6 Å². The summed E-state index contributed by atoms with van der Waals surface area (Å²) < 4.78 is 15.0. The minimum atomic E-state index is -0.410. The Morgan fingerprint density at radius 2 is 2.24 bits per heavy atom. The first-order chi connectivity index (χ1) is 8.10. The number of nitrogens with two attached hydrogens (primary N) is 1. The smallest absolute Gasteiger partial charge is 0.142 e. The van der Waals surface area contributed by atoms with Crippen LogP contribution in [0.4, 0.5) is 4.39 Å². The summed E-state index contributed by atoms with van der Waals surface area (Å²) in [7, 11) is 0. The fourth-order valence-corrected chi connectivity index (χ4v) is 1.78. The van der Waals surface area contributed by atoms with Gasteiger partial charge in [-0.3, -0.25) is 4.68 Å². The standard InChI is InChI=1S/C12H13ClFN3/c1-8-10(5-15)7-17(16-8)6-9-2-3-11(13)12(14)4-9/h2-4,7H,5-6,15H2,1H3. The van der Waals surface area contributed by atoms with Crippen molar-refractivity contribution in [1.82, 2.24) is 9.78 Å². The molecule has 0 amide bonds. The highest BCUT2D eigenvalue weighted by atomic mass is 35.5. The van der Waals surface area contributed by atoms with Gasteiger partial charge in [-0.2, -0.15) is 5.10 Å². The molecule has 1 aromatic carbocycles. The summed E-state index contributed by atoms with van der Waals surface area (Å²) in [4.78, 5) is 0. The van der Waals surface area contributed by atoms with E-state index in [-0.39, 0.29) is 5.02 Å². The highest BCUT2D eigenvalue weighted by Gasteiger charge is 2.05. The van der Waals surface area contributed by atoms with Crippen molar-refractivity contribution in [2.24, 2.45) is 5.73 Å². The molecule has 0 saturated heterocycles. The van der Waals surface area contributed by atoms with Crippen LogP contribution in [0.5, 0.6) is 0 Å². The second-order valence-electron chi connectivity index (χ2n) is 3.89. The van der Waals surface area contributed by atoms with E-state index in [9.17, 15) is 4.39 Å². The van der Waals surface area contributed by atoms with Gasteiger partial charge in [0.2, 0.25) is 0 Å². The molecule has 5 heteroatoms. The molecule has 0 fully saturated rings. The highest BCUT2D eigenvalue weighted by Crippen LogP contribution is 2.16. The van der Waals surface area contributed by atoms with Gasteiger partial charge in [0.15, 0.2) is 0 Å². The molecule has 0 radical (unpaired) electrons. The fraction of sp³-hybridized carbons (Fsp3) is 0.250. The Balaban J connectivity index is 2.22. The van der Waals surface area contributed by atoms with Crippen LogP contribution in [0.2, 0.25) is 5.02 Å². The van der Waals surface area contributed by atoms with Crippen molar-refractivity contribution in [1.29, 1.82) is 0 Å². The third-order valence-corrected chi connectivity index (χ3v) is 2.90. The SMILES string of the molecule is Cc1nn(Cc2ccc(Cl)c(F)c2)cc1CN. The van der Waals surface area contributed by atoms with Crippen molar-refractivity contribution < 1.29 is 4.39 Å². The van der Waals surface area contributed by atoms with Gasteiger partial charge in [-0.05, 0) is 24.6 Å². The van der Waals surface area contributed by atoms with Crippen molar-refractivity contribution in [3.8, 4) is 0 Å². The van der Waals surface area contributed by atoms with Crippen LogP contribution < -0.4 is 5.73 Å². The van der Waals surface area contributed by atoms with E-state index < -0.39 is 5.82 Å². The maximum atomic E-state index is 13.3. The number of aromatic nitrogens is 2. The molecule has 0 spiro atoms. The minimum Gasteiger partial charge on any atom is -0.326 e. The summed E-state index contributed by atoms with van der Waals surface area (Å²) in [5.41, 5.74) is 8.29. The van der Waals surface area contributed by atoms with Gasteiger partial charge < -0.3 is 5.73 Å². The average Bonchev–Trinajstić information content (AvgIpc) is 2.64. The topological polar surface area (TPSA) is 43.8 Å². The Morgan fingerprint density at radius 1 is 1.47 bits per heavy atom. The van der Waals surface area contributed by atoms with Crippen LogP contribution in [-0.4, -0.2) is 9.78 Å². The second-order valence-corrected chi connectivity index (χ2v) is 4.30. The molecule has 0 unspecified atom stereocenters. The molecule has 90 valence electrons. The predicted octanol–water partition coefficient (Wildman–Crippen LogP) is 2.49. The van der Waals surface area contributed by atoms with Crippen molar-refractivity contribution >= 4 is 11.6 Å². The maximum Gasteiger partial charge on any atom is 0.142 e. The van der Waals surface area contributed by atoms with Crippen LogP contribution in [0.25, 0.3) is 0 Å². The van der Waals surface area contributed by atoms with Gasteiger partial charge >= 0.3 is 0 Å². The lowest BCUT2D eigenvalue weighted by Crippen LogP contribution is -2.01. The molecule has 3 nitrogen and oxygen atoms in total. The monoisotopic (exact) mass is 253 g/mol.